The van der Waals surface area contributed by atoms with Crippen LogP contribution in [0.2, 0.25) is 0 Å². The SMILES string of the molecule is CC(C)(C)ONC([NH])=O. The van der Waals surface area contributed by atoms with Gasteiger partial charge in [0, 0.05) is 0 Å². The van der Waals surface area contributed by atoms with Gasteiger partial charge in [0.2, 0.25) is 0 Å². The van der Waals surface area contributed by atoms with E-state index in [0.29, 0.717) is 0 Å². The first-order valence-electron chi connectivity index (χ1n) is 2.61. The Morgan fingerprint density at radius 2 is 2.00 bits per heavy atom. The molecule has 0 aliphatic heterocycles. The predicted octanol–water partition coefficient (Wildman–Crippen LogP) is 0.709. The highest BCUT2D eigenvalue weighted by molar-refractivity contribution is 5.69. The van der Waals surface area contributed by atoms with Crippen molar-refractivity contribution in [1.82, 2.24) is 11.2 Å². The van der Waals surface area contributed by atoms with Gasteiger partial charge >= 0.3 is 6.03 Å². The molecule has 1 radical (unpaired) electrons. The van der Waals surface area contributed by atoms with Crippen molar-refractivity contribution < 1.29 is 9.63 Å². The fourth-order valence-corrected chi connectivity index (χ4v) is 0.199. The maximum absolute atomic E-state index is 9.92. The van der Waals surface area contributed by atoms with Crippen molar-refractivity contribution in [2.75, 3.05) is 0 Å². The molecule has 0 heterocycles. The Morgan fingerprint density at radius 1 is 1.56 bits per heavy atom. The molecule has 0 rings (SSSR count). The molecule has 0 aromatic carbocycles. The number of carbonyl (C=O) groups is 1. The molecule has 0 saturated heterocycles. The lowest BCUT2D eigenvalue weighted by Crippen LogP contribution is -2.33. The van der Waals surface area contributed by atoms with Crippen LogP contribution in [0.3, 0.4) is 0 Å². The van der Waals surface area contributed by atoms with Crippen molar-refractivity contribution in [2.45, 2.75) is 26.4 Å². The highest BCUT2D eigenvalue weighted by Crippen LogP contribution is 2.02. The summed E-state index contributed by atoms with van der Waals surface area (Å²) in [5.74, 6) is 0. The van der Waals surface area contributed by atoms with Gasteiger partial charge in [-0.1, -0.05) is 0 Å². The number of nitrogens with one attached hydrogen (secondary N) is 2. The van der Waals surface area contributed by atoms with E-state index >= 15 is 0 Å². The highest BCUT2D eigenvalue weighted by Gasteiger charge is 2.10. The van der Waals surface area contributed by atoms with Crippen molar-refractivity contribution in [2.24, 2.45) is 0 Å². The zero-order valence-electron chi connectivity index (χ0n) is 5.82. The number of carbonyl (C=O) groups excluding carboxylic acids is 1. The van der Waals surface area contributed by atoms with Gasteiger partial charge in [-0.2, -0.15) is 0 Å². The zero-order chi connectivity index (χ0) is 7.49. The van der Waals surface area contributed by atoms with Gasteiger partial charge in [-0.05, 0) is 20.8 Å². The molecule has 4 nitrogen and oxygen atoms in total. The van der Waals surface area contributed by atoms with E-state index in [0.717, 1.165) is 0 Å². The molecule has 4 heteroatoms. The van der Waals surface area contributed by atoms with Crippen molar-refractivity contribution in [1.29, 1.82) is 0 Å². The Labute approximate surface area is 54.3 Å². The fraction of sp³-hybridized carbons (Fsp3) is 0.800. The fourth-order valence-electron chi connectivity index (χ4n) is 0.199. The first-order chi connectivity index (χ1) is 3.92. The summed E-state index contributed by atoms with van der Waals surface area (Å²) < 4.78 is 0. The van der Waals surface area contributed by atoms with Crippen LogP contribution in [0.15, 0.2) is 0 Å². The lowest BCUT2D eigenvalue weighted by molar-refractivity contribution is -0.0516. The molecule has 0 aromatic heterocycles. The van der Waals surface area contributed by atoms with Crippen molar-refractivity contribution in [3.05, 3.63) is 0 Å². The Morgan fingerprint density at radius 3 is 2.11 bits per heavy atom. The molecule has 53 valence electrons. The van der Waals surface area contributed by atoms with Crippen LogP contribution >= 0.6 is 0 Å². The number of hydroxylamine groups is 1. The second kappa shape index (κ2) is 2.68. The quantitative estimate of drug-likeness (QED) is 0.532. The number of urea groups is 1. The van der Waals surface area contributed by atoms with Crippen LogP contribution in [0.25, 0.3) is 0 Å². The van der Waals surface area contributed by atoms with Crippen LogP contribution < -0.4 is 11.2 Å². The molecule has 0 aliphatic carbocycles. The Balaban J connectivity index is 3.39. The lowest BCUT2D eigenvalue weighted by Gasteiger charge is -2.17. The highest BCUT2D eigenvalue weighted by atomic mass is 16.7. The molecule has 0 aliphatic rings. The van der Waals surface area contributed by atoms with Gasteiger partial charge < -0.3 is 0 Å². The molecule has 0 unspecified atom stereocenters. The minimum atomic E-state index is -0.926. The monoisotopic (exact) mass is 131 g/mol. The molecule has 2 N–H and O–H groups in total. The summed E-state index contributed by atoms with van der Waals surface area (Å²) in [6.07, 6.45) is 0. The van der Waals surface area contributed by atoms with Gasteiger partial charge in [0.05, 0.1) is 5.60 Å². The van der Waals surface area contributed by atoms with Crippen molar-refractivity contribution in [3.63, 3.8) is 0 Å². The summed E-state index contributed by atoms with van der Waals surface area (Å²) in [6, 6.07) is -0.926. The van der Waals surface area contributed by atoms with E-state index < -0.39 is 11.6 Å². The summed E-state index contributed by atoms with van der Waals surface area (Å²) in [4.78, 5) is 14.6. The summed E-state index contributed by atoms with van der Waals surface area (Å²) in [7, 11) is 0. The van der Waals surface area contributed by atoms with Gasteiger partial charge in [0.1, 0.15) is 0 Å². The first kappa shape index (κ1) is 8.23. The van der Waals surface area contributed by atoms with Crippen LogP contribution in [0.5, 0.6) is 0 Å². The van der Waals surface area contributed by atoms with E-state index in [1.807, 2.05) is 5.48 Å². The van der Waals surface area contributed by atoms with Gasteiger partial charge in [-0.25, -0.2) is 16.0 Å². The molecule has 2 amide bonds. The number of amides is 2. The first-order valence-corrected chi connectivity index (χ1v) is 2.61. The second-order valence-corrected chi connectivity index (χ2v) is 2.65. The Kier molecular flexibility index (Phi) is 2.45. The standard InChI is InChI=1S/C5H11N2O2/c1-5(2,3)9-7-4(6)8/h6H,1-3H3,(H,7,8). The average Bonchev–Trinajstić information content (AvgIpc) is 1.59. The zero-order valence-corrected chi connectivity index (χ0v) is 5.82. The third-order valence-corrected chi connectivity index (χ3v) is 0.450. The van der Waals surface area contributed by atoms with E-state index in [1.54, 1.807) is 20.8 Å². The lowest BCUT2D eigenvalue weighted by atomic mass is 10.2. The molecular formula is C5H11N2O2. The Bertz CT molecular complexity index is 106. The van der Waals surface area contributed by atoms with Gasteiger partial charge in [0.25, 0.3) is 0 Å². The third kappa shape index (κ3) is 7.23. The topological polar surface area (TPSA) is 62.1 Å². The van der Waals surface area contributed by atoms with E-state index in [2.05, 4.69) is 0 Å². The Hall–Kier alpha value is -0.770. The minimum absolute atomic E-state index is 0.420. The molecule has 0 atom stereocenters. The molecule has 0 fully saturated rings. The van der Waals surface area contributed by atoms with Crippen LogP contribution in [-0.4, -0.2) is 11.6 Å². The van der Waals surface area contributed by atoms with Crippen LogP contribution in [0.4, 0.5) is 4.79 Å². The molecule has 0 aromatic rings. The summed E-state index contributed by atoms with van der Waals surface area (Å²) in [5, 5.41) is 0. The van der Waals surface area contributed by atoms with Gasteiger partial charge in [-0.3, -0.25) is 4.84 Å². The third-order valence-electron chi connectivity index (χ3n) is 0.450. The molecule has 0 saturated carbocycles. The van der Waals surface area contributed by atoms with Crippen LogP contribution in [-0.2, 0) is 4.84 Å². The number of hydrogen-bond donors (Lipinski definition) is 1. The summed E-state index contributed by atoms with van der Waals surface area (Å²) in [6.45, 7) is 5.34. The normalized spacial score (nSPS) is 11.0. The molecule has 9 heavy (non-hydrogen) atoms. The van der Waals surface area contributed by atoms with E-state index in [1.165, 1.54) is 0 Å². The summed E-state index contributed by atoms with van der Waals surface area (Å²) in [5.41, 5.74) is 7.88. The van der Waals surface area contributed by atoms with E-state index in [-0.39, 0.29) is 0 Å². The molecular weight excluding hydrogens is 120 g/mol. The molecule has 0 spiro atoms. The van der Waals surface area contributed by atoms with Gasteiger partial charge in [0.15, 0.2) is 0 Å². The van der Waals surface area contributed by atoms with E-state index in [9.17, 15) is 4.79 Å². The number of hydrogen-bond acceptors (Lipinski definition) is 2. The van der Waals surface area contributed by atoms with Crippen LogP contribution in [0.1, 0.15) is 20.8 Å². The van der Waals surface area contributed by atoms with Gasteiger partial charge in [-0.15, -0.1) is 0 Å². The van der Waals surface area contributed by atoms with Crippen molar-refractivity contribution in [3.8, 4) is 0 Å². The largest absolute Gasteiger partial charge is 0.357 e. The van der Waals surface area contributed by atoms with Crippen LogP contribution in [0, 0.1) is 0 Å². The minimum Gasteiger partial charge on any atom is -0.266 e. The number of rotatable bonds is 1. The van der Waals surface area contributed by atoms with Crippen molar-refractivity contribution >= 4 is 6.03 Å². The summed E-state index contributed by atoms with van der Waals surface area (Å²) >= 11 is 0. The predicted molar refractivity (Wildman–Crippen MR) is 32.5 cm³/mol. The maximum atomic E-state index is 9.92. The van der Waals surface area contributed by atoms with E-state index in [4.69, 9.17) is 10.6 Å². The molecule has 0 bridgehead atoms. The second-order valence-electron chi connectivity index (χ2n) is 2.65. The maximum Gasteiger partial charge on any atom is 0.357 e. The smallest absolute Gasteiger partial charge is 0.266 e. The average molecular weight is 131 g/mol.